The van der Waals surface area contributed by atoms with E-state index in [1.807, 2.05) is 42.7 Å². The number of hydrogen-bond acceptors (Lipinski definition) is 5. The molecule has 126 valence electrons. The van der Waals surface area contributed by atoms with Crippen molar-refractivity contribution >= 4 is 23.9 Å². The summed E-state index contributed by atoms with van der Waals surface area (Å²) in [6, 6.07) is 15.0. The summed E-state index contributed by atoms with van der Waals surface area (Å²) in [7, 11) is 3.15. The Morgan fingerprint density at radius 1 is 1.12 bits per heavy atom. The molecular weight excluding hydrogens is 324 g/mol. The number of carbonyl (C=O) groups is 1. The lowest BCUT2D eigenvalue weighted by Gasteiger charge is -2.12. The van der Waals surface area contributed by atoms with E-state index in [0.717, 1.165) is 11.1 Å². The van der Waals surface area contributed by atoms with Gasteiger partial charge in [-0.2, -0.15) is 5.10 Å². The molecule has 0 saturated heterocycles. The van der Waals surface area contributed by atoms with Crippen LogP contribution in [0.3, 0.4) is 0 Å². The number of nitrogens with zero attached hydrogens (tertiary/aromatic N) is 1. The van der Waals surface area contributed by atoms with Gasteiger partial charge in [-0.05, 0) is 35.6 Å². The van der Waals surface area contributed by atoms with Crippen LogP contribution in [0.1, 0.15) is 16.4 Å². The Labute approximate surface area is 146 Å². The van der Waals surface area contributed by atoms with Crippen LogP contribution < -0.4 is 14.9 Å². The number of amides is 1. The third-order valence-electron chi connectivity index (χ3n) is 3.37. The summed E-state index contributed by atoms with van der Waals surface area (Å²) < 4.78 is 10.4. The lowest BCUT2D eigenvalue weighted by Crippen LogP contribution is -2.23. The van der Waals surface area contributed by atoms with E-state index in [0.29, 0.717) is 11.5 Å². The van der Waals surface area contributed by atoms with Crippen molar-refractivity contribution in [2.45, 2.75) is 5.25 Å². The van der Waals surface area contributed by atoms with Crippen molar-refractivity contribution < 1.29 is 14.3 Å². The zero-order chi connectivity index (χ0) is 17.4. The van der Waals surface area contributed by atoms with E-state index in [4.69, 9.17) is 9.47 Å². The average Bonchev–Trinajstić information content (AvgIpc) is 2.63. The van der Waals surface area contributed by atoms with Crippen molar-refractivity contribution in [3.63, 3.8) is 0 Å². The van der Waals surface area contributed by atoms with Gasteiger partial charge in [0.05, 0.1) is 20.4 Å². The smallest absolute Gasteiger partial charge is 0.257 e. The second kappa shape index (κ2) is 8.98. The van der Waals surface area contributed by atoms with Crippen molar-refractivity contribution in [2.75, 3.05) is 20.5 Å². The molecule has 0 aliphatic rings. The Kier molecular flexibility index (Phi) is 6.69. The highest BCUT2D eigenvalue weighted by atomic mass is 32.2. The monoisotopic (exact) mass is 344 g/mol. The molecule has 0 spiro atoms. The Balaban J connectivity index is 2.04. The molecule has 0 aliphatic carbocycles. The number of benzene rings is 2. The van der Waals surface area contributed by atoms with E-state index in [-0.39, 0.29) is 11.2 Å². The predicted octanol–water partition coefficient (Wildman–Crippen LogP) is 3.26. The molecular formula is C18H20N2O3S. The molecule has 6 heteroatoms. The first-order chi connectivity index (χ1) is 11.7. The molecule has 0 aliphatic heterocycles. The molecule has 0 radical (unpaired) electrons. The Morgan fingerprint density at radius 2 is 1.83 bits per heavy atom. The standard InChI is InChI=1S/C18H20N2O3S/c1-22-15-10-9-13(11-16(15)23-2)12-19-20-18(21)17(24-3)14-7-5-4-6-8-14/h4-12,17H,1-3H3,(H,20,21)/b19-12+. The number of ether oxygens (including phenoxy) is 2. The SMILES string of the molecule is COc1ccc(/C=N/NC(=O)C(SC)c2ccccc2)cc1OC. The highest BCUT2D eigenvalue weighted by Gasteiger charge is 2.18. The number of rotatable bonds is 7. The molecule has 2 rings (SSSR count). The molecule has 0 heterocycles. The average molecular weight is 344 g/mol. The second-order valence-corrected chi connectivity index (χ2v) is 5.82. The van der Waals surface area contributed by atoms with Crippen LogP contribution in [-0.4, -0.2) is 32.6 Å². The molecule has 0 bridgehead atoms. The zero-order valence-electron chi connectivity index (χ0n) is 13.9. The normalized spacial score (nSPS) is 12.0. The van der Waals surface area contributed by atoms with Crippen molar-refractivity contribution in [1.82, 2.24) is 5.43 Å². The fourth-order valence-corrected chi connectivity index (χ4v) is 2.88. The second-order valence-electron chi connectivity index (χ2n) is 4.88. The van der Waals surface area contributed by atoms with E-state index in [1.54, 1.807) is 32.6 Å². The van der Waals surface area contributed by atoms with Gasteiger partial charge in [-0.1, -0.05) is 30.3 Å². The fraction of sp³-hybridized carbons (Fsp3) is 0.222. The summed E-state index contributed by atoms with van der Waals surface area (Å²) in [6.45, 7) is 0. The van der Waals surface area contributed by atoms with E-state index in [9.17, 15) is 4.79 Å². The lowest BCUT2D eigenvalue weighted by molar-refractivity contribution is -0.120. The van der Waals surface area contributed by atoms with Crippen molar-refractivity contribution in [2.24, 2.45) is 5.10 Å². The quantitative estimate of drug-likeness (QED) is 0.619. The molecule has 2 aromatic carbocycles. The maximum atomic E-state index is 12.3. The molecule has 1 N–H and O–H groups in total. The minimum atomic E-state index is -0.297. The van der Waals surface area contributed by atoms with Crippen LogP contribution >= 0.6 is 11.8 Å². The first kappa shape index (κ1) is 17.9. The van der Waals surface area contributed by atoms with Crippen LogP contribution in [0.25, 0.3) is 0 Å². The van der Waals surface area contributed by atoms with Gasteiger partial charge in [-0.25, -0.2) is 5.43 Å². The summed E-state index contributed by atoms with van der Waals surface area (Å²) in [6.07, 6.45) is 3.47. The number of carbonyl (C=O) groups excluding carboxylic acids is 1. The Hall–Kier alpha value is -2.47. The predicted molar refractivity (Wildman–Crippen MR) is 98.0 cm³/mol. The lowest BCUT2D eigenvalue weighted by atomic mass is 10.1. The largest absolute Gasteiger partial charge is 0.493 e. The Bertz CT molecular complexity index is 705. The van der Waals surface area contributed by atoms with Crippen molar-refractivity contribution in [3.05, 3.63) is 59.7 Å². The third kappa shape index (κ3) is 4.52. The number of hydrogen-bond donors (Lipinski definition) is 1. The zero-order valence-corrected chi connectivity index (χ0v) is 14.7. The number of methoxy groups -OCH3 is 2. The first-order valence-corrected chi connectivity index (χ1v) is 8.61. The maximum Gasteiger partial charge on any atom is 0.257 e. The molecule has 5 nitrogen and oxygen atoms in total. The maximum absolute atomic E-state index is 12.3. The van der Waals surface area contributed by atoms with Gasteiger partial charge < -0.3 is 9.47 Å². The van der Waals surface area contributed by atoms with Gasteiger partial charge >= 0.3 is 0 Å². The molecule has 1 unspecified atom stereocenters. The number of thioether (sulfide) groups is 1. The minimum absolute atomic E-state index is 0.162. The number of nitrogens with one attached hydrogen (secondary N) is 1. The van der Waals surface area contributed by atoms with Gasteiger partial charge in [-0.3, -0.25) is 4.79 Å². The first-order valence-electron chi connectivity index (χ1n) is 7.32. The molecule has 0 aromatic heterocycles. The van der Waals surface area contributed by atoms with Gasteiger partial charge in [0.15, 0.2) is 11.5 Å². The third-order valence-corrected chi connectivity index (χ3v) is 4.33. The van der Waals surface area contributed by atoms with Crippen LogP contribution in [0.5, 0.6) is 11.5 Å². The summed E-state index contributed by atoms with van der Waals surface area (Å²) in [5, 5.41) is 3.74. The van der Waals surface area contributed by atoms with Crippen LogP contribution in [0, 0.1) is 0 Å². The molecule has 2 aromatic rings. The molecule has 1 atom stereocenters. The van der Waals surface area contributed by atoms with Gasteiger partial charge in [0.1, 0.15) is 5.25 Å². The van der Waals surface area contributed by atoms with E-state index in [1.165, 1.54) is 11.8 Å². The van der Waals surface area contributed by atoms with Gasteiger partial charge in [0, 0.05) is 0 Å². The highest BCUT2D eigenvalue weighted by Crippen LogP contribution is 2.27. The molecule has 0 fully saturated rings. The summed E-state index contributed by atoms with van der Waals surface area (Å²) >= 11 is 1.47. The van der Waals surface area contributed by atoms with Crippen LogP contribution in [-0.2, 0) is 4.79 Å². The van der Waals surface area contributed by atoms with Crippen molar-refractivity contribution in [3.8, 4) is 11.5 Å². The minimum Gasteiger partial charge on any atom is -0.493 e. The topological polar surface area (TPSA) is 59.9 Å². The van der Waals surface area contributed by atoms with E-state index < -0.39 is 0 Å². The molecule has 1 amide bonds. The van der Waals surface area contributed by atoms with E-state index in [2.05, 4.69) is 10.5 Å². The fourth-order valence-electron chi connectivity index (χ4n) is 2.18. The molecule has 24 heavy (non-hydrogen) atoms. The van der Waals surface area contributed by atoms with Gasteiger partial charge in [0.25, 0.3) is 5.91 Å². The highest BCUT2D eigenvalue weighted by molar-refractivity contribution is 7.99. The van der Waals surface area contributed by atoms with E-state index >= 15 is 0 Å². The summed E-state index contributed by atoms with van der Waals surface area (Å²) in [5.74, 6) is 1.09. The summed E-state index contributed by atoms with van der Waals surface area (Å²) in [4.78, 5) is 12.3. The van der Waals surface area contributed by atoms with Gasteiger partial charge in [0.2, 0.25) is 0 Å². The van der Waals surface area contributed by atoms with Gasteiger partial charge in [-0.15, -0.1) is 11.8 Å². The van der Waals surface area contributed by atoms with Crippen LogP contribution in [0.15, 0.2) is 53.6 Å². The molecule has 0 saturated carbocycles. The Morgan fingerprint density at radius 3 is 2.46 bits per heavy atom. The summed E-state index contributed by atoms with van der Waals surface area (Å²) in [5.41, 5.74) is 4.33. The number of hydrazone groups is 1. The van der Waals surface area contributed by atoms with Crippen LogP contribution in [0.2, 0.25) is 0 Å². The van der Waals surface area contributed by atoms with Crippen molar-refractivity contribution in [1.29, 1.82) is 0 Å². The van der Waals surface area contributed by atoms with Crippen LogP contribution in [0.4, 0.5) is 0 Å².